The first-order valence-electron chi connectivity index (χ1n) is 5.24. The molecule has 2 atom stereocenters. The van der Waals surface area contributed by atoms with E-state index in [0.717, 1.165) is 6.42 Å². The van der Waals surface area contributed by atoms with Crippen LogP contribution in [0.1, 0.15) is 39.5 Å². The first-order chi connectivity index (χ1) is 6.22. The van der Waals surface area contributed by atoms with Gasteiger partial charge in [0.1, 0.15) is 0 Å². The molecular weight excluding hydrogens is 194 g/mol. The monoisotopic (exact) mass is 215 g/mol. The van der Waals surface area contributed by atoms with Gasteiger partial charge in [-0.3, -0.25) is 0 Å². The quantitative estimate of drug-likeness (QED) is 0.712. The zero-order valence-corrected chi connectivity index (χ0v) is 10.1. The van der Waals surface area contributed by atoms with Gasteiger partial charge in [-0.2, -0.15) is 0 Å². The molecule has 14 heavy (non-hydrogen) atoms. The van der Waals surface area contributed by atoms with E-state index in [9.17, 15) is 0 Å². The molecule has 1 nitrogen and oxygen atoms in total. The summed E-state index contributed by atoms with van der Waals surface area (Å²) in [6.07, 6.45) is 9.41. The van der Waals surface area contributed by atoms with E-state index in [4.69, 9.17) is 0 Å². The molecule has 2 unspecified atom stereocenters. The number of allylic oxidation sites excluding steroid dienone is 1. The first kappa shape index (κ1) is 13.7. The number of piperidine rings is 1. The number of hydrogen-bond acceptors (Lipinski definition) is 1. The Morgan fingerprint density at radius 3 is 2.71 bits per heavy atom. The average Bonchev–Trinajstić information content (AvgIpc) is 2.04. The van der Waals surface area contributed by atoms with Crippen molar-refractivity contribution < 1.29 is 0 Å². The Morgan fingerprint density at radius 1 is 1.43 bits per heavy atom. The van der Waals surface area contributed by atoms with Gasteiger partial charge in [-0.1, -0.05) is 24.1 Å². The van der Waals surface area contributed by atoms with Crippen molar-refractivity contribution in [2.75, 3.05) is 0 Å². The van der Waals surface area contributed by atoms with Gasteiger partial charge in [0.15, 0.2) is 0 Å². The van der Waals surface area contributed by atoms with Crippen molar-refractivity contribution in [2.45, 2.75) is 51.6 Å². The molecule has 0 radical (unpaired) electrons. The van der Waals surface area contributed by atoms with E-state index in [0.29, 0.717) is 12.1 Å². The van der Waals surface area contributed by atoms with Crippen LogP contribution in [0.2, 0.25) is 0 Å². The first-order valence-corrected chi connectivity index (χ1v) is 5.24. The molecule has 1 aliphatic heterocycles. The second kappa shape index (κ2) is 7.08. The highest BCUT2D eigenvalue weighted by molar-refractivity contribution is 5.85. The van der Waals surface area contributed by atoms with Crippen LogP contribution in [-0.2, 0) is 0 Å². The molecule has 0 aromatic carbocycles. The Hall–Kier alpha value is -0.270. The summed E-state index contributed by atoms with van der Waals surface area (Å²) < 4.78 is 0. The fraction of sp³-hybridized carbons (Fsp3) is 0.667. The van der Waals surface area contributed by atoms with Crippen LogP contribution in [0.25, 0.3) is 0 Å². The molecule has 1 aliphatic rings. The Bertz CT molecular complexity index is 194. The van der Waals surface area contributed by atoms with Crippen molar-refractivity contribution in [2.24, 2.45) is 0 Å². The summed E-state index contributed by atoms with van der Waals surface area (Å²) in [6, 6.07) is 1.26. The summed E-state index contributed by atoms with van der Waals surface area (Å²) in [5, 5.41) is 3.64. The lowest BCUT2D eigenvalue weighted by atomic mass is 9.95. The highest BCUT2D eigenvalue weighted by Crippen LogP contribution is 2.16. The van der Waals surface area contributed by atoms with Gasteiger partial charge in [-0.15, -0.1) is 19.0 Å². The van der Waals surface area contributed by atoms with Gasteiger partial charge < -0.3 is 5.32 Å². The van der Waals surface area contributed by atoms with Crippen LogP contribution in [0.3, 0.4) is 0 Å². The molecule has 0 aliphatic carbocycles. The fourth-order valence-electron chi connectivity index (χ4n) is 1.97. The molecule has 0 bridgehead atoms. The molecule has 0 saturated carbocycles. The number of nitrogens with one attached hydrogen (secondary N) is 1. The Balaban J connectivity index is 0.00000169. The van der Waals surface area contributed by atoms with Crippen molar-refractivity contribution in [3.63, 3.8) is 0 Å². The Kier molecular flexibility index (Phi) is 6.94. The highest BCUT2D eigenvalue weighted by Gasteiger charge is 2.17. The van der Waals surface area contributed by atoms with Gasteiger partial charge in [0.2, 0.25) is 0 Å². The minimum atomic E-state index is 0. The van der Waals surface area contributed by atoms with Crippen molar-refractivity contribution in [1.29, 1.82) is 0 Å². The van der Waals surface area contributed by atoms with Gasteiger partial charge in [0, 0.05) is 12.1 Å². The van der Waals surface area contributed by atoms with Crippen molar-refractivity contribution in [1.82, 2.24) is 5.32 Å². The molecule has 0 aromatic rings. The van der Waals surface area contributed by atoms with Gasteiger partial charge in [-0.25, -0.2) is 0 Å². The third-order valence-corrected chi connectivity index (χ3v) is 2.50. The van der Waals surface area contributed by atoms with Crippen LogP contribution < -0.4 is 5.32 Å². The molecule has 1 heterocycles. The lowest BCUT2D eigenvalue weighted by Crippen LogP contribution is -2.40. The van der Waals surface area contributed by atoms with Crippen LogP contribution in [0.4, 0.5) is 0 Å². The lowest BCUT2D eigenvalue weighted by molar-refractivity contribution is 0.356. The molecule has 1 saturated heterocycles. The third kappa shape index (κ3) is 4.83. The van der Waals surface area contributed by atoms with Gasteiger partial charge in [0.05, 0.1) is 0 Å². The van der Waals surface area contributed by atoms with E-state index in [2.05, 4.69) is 31.8 Å². The molecule has 0 spiro atoms. The molecule has 1 fully saturated rings. The third-order valence-electron chi connectivity index (χ3n) is 2.50. The van der Waals surface area contributed by atoms with E-state index in [1.165, 1.54) is 24.8 Å². The van der Waals surface area contributed by atoms with Gasteiger partial charge in [-0.05, 0) is 33.1 Å². The van der Waals surface area contributed by atoms with Crippen LogP contribution in [-0.4, -0.2) is 12.1 Å². The molecule has 1 rings (SSSR count). The van der Waals surface area contributed by atoms with Crippen molar-refractivity contribution in [3.8, 4) is 0 Å². The number of halogens is 1. The van der Waals surface area contributed by atoms with Crippen LogP contribution in [0, 0.1) is 0 Å². The van der Waals surface area contributed by atoms with Gasteiger partial charge in [0.25, 0.3) is 0 Å². The van der Waals surface area contributed by atoms with Crippen LogP contribution >= 0.6 is 12.4 Å². The normalized spacial score (nSPS) is 26.1. The predicted molar refractivity (Wildman–Crippen MR) is 66.1 cm³/mol. The molecular formula is C12H22ClN. The zero-order chi connectivity index (χ0) is 9.68. The standard InChI is InChI=1S/C12H21N.ClH/c1-4-6-11-7-5-8-12(13-11)9-10(2)3;/h4,9,11-13H,1,5-8H2,2-3H3;1H. The molecule has 82 valence electrons. The van der Waals surface area contributed by atoms with E-state index >= 15 is 0 Å². The van der Waals surface area contributed by atoms with E-state index in [1.54, 1.807) is 0 Å². The summed E-state index contributed by atoms with van der Waals surface area (Å²) in [6.45, 7) is 8.12. The van der Waals surface area contributed by atoms with Crippen molar-refractivity contribution >= 4 is 12.4 Å². The molecule has 0 amide bonds. The topological polar surface area (TPSA) is 12.0 Å². The summed E-state index contributed by atoms with van der Waals surface area (Å²) in [4.78, 5) is 0. The molecule has 1 N–H and O–H groups in total. The minimum absolute atomic E-state index is 0. The predicted octanol–water partition coefficient (Wildman–Crippen LogP) is 3.46. The summed E-state index contributed by atoms with van der Waals surface area (Å²) >= 11 is 0. The smallest absolute Gasteiger partial charge is 0.0255 e. The maximum atomic E-state index is 3.79. The van der Waals surface area contributed by atoms with Crippen LogP contribution in [0.5, 0.6) is 0 Å². The maximum absolute atomic E-state index is 3.79. The summed E-state index contributed by atoms with van der Waals surface area (Å²) in [5.74, 6) is 0. The summed E-state index contributed by atoms with van der Waals surface area (Å²) in [5.41, 5.74) is 1.41. The lowest BCUT2D eigenvalue weighted by Gasteiger charge is -2.29. The fourth-order valence-corrected chi connectivity index (χ4v) is 1.97. The Labute approximate surface area is 94.1 Å². The Morgan fingerprint density at radius 2 is 2.14 bits per heavy atom. The molecule has 2 heteroatoms. The second-order valence-corrected chi connectivity index (χ2v) is 4.17. The highest BCUT2D eigenvalue weighted by atomic mass is 35.5. The van der Waals surface area contributed by atoms with E-state index < -0.39 is 0 Å². The largest absolute Gasteiger partial charge is 0.307 e. The van der Waals surface area contributed by atoms with Crippen molar-refractivity contribution in [3.05, 3.63) is 24.3 Å². The minimum Gasteiger partial charge on any atom is -0.307 e. The van der Waals surface area contributed by atoms with Crippen LogP contribution in [0.15, 0.2) is 24.3 Å². The zero-order valence-electron chi connectivity index (χ0n) is 9.25. The number of rotatable bonds is 3. The average molecular weight is 216 g/mol. The van der Waals surface area contributed by atoms with Gasteiger partial charge >= 0.3 is 0 Å². The summed E-state index contributed by atoms with van der Waals surface area (Å²) in [7, 11) is 0. The second-order valence-electron chi connectivity index (χ2n) is 4.17. The SMILES string of the molecule is C=CCC1CCCC(C=C(C)C)N1.Cl. The maximum Gasteiger partial charge on any atom is 0.0255 e. The van der Waals surface area contributed by atoms with E-state index in [-0.39, 0.29) is 12.4 Å². The number of hydrogen-bond donors (Lipinski definition) is 1. The van der Waals surface area contributed by atoms with E-state index in [1.807, 2.05) is 6.08 Å². The molecule has 0 aromatic heterocycles.